The predicted octanol–water partition coefficient (Wildman–Crippen LogP) is 3.38. The Morgan fingerprint density at radius 1 is 1.26 bits per heavy atom. The van der Waals surface area contributed by atoms with Gasteiger partial charge in [0.05, 0.1) is 0 Å². The fourth-order valence-electron chi connectivity index (χ4n) is 3.31. The van der Waals surface area contributed by atoms with E-state index in [1.807, 2.05) is 0 Å². The van der Waals surface area contributed by atoms with Crippen LogP contribution in [-0.2, 0) is 0 Å². The first kappa shape index (κ1) is 14.5. The SMILES string of the molecule is Cc1ccccc1C(C)NC(C)C1CCCN(C)C1. The van der Waals surface area contributed by atoms with Crippen molar-refractivity contribution < 1.29 is 0 Å². The molecule has 3 atom stereocenters. The van der Waals surface area contributed by atoms with Crippen molar-refractivity contribution in [2.24, 2.45) is 5.92 Å². The lowest BCUT2D eigenvalue weighted by Gasteiger charge is -2.35. The highest BCUT2D eigenvalue weighted by molar-refractivity contribution is 5.28. The summed E-state index contributed by atoms with van der Waals surface area (Å²) in [6.07, 6.45) is 2.70. The van der Waals surface area contributed by atoms with Gasteiger partial charge in [-0.3, -0.25) is 0 Å². The highest BCUT2D eigenvalue weighted by atomic mass is 15.1. The van der Waals surface area contributed by atoms with E-state index in [1.165, 1.54) is 37.1 Å². The molecule has 2 nitrogen and oxygen atoms in total. The van der Waals surface area contributed by atoms with Crippen molar-refractivity contribution in [2.45, 2.75) is 45.7 Å². The number of nitrogens with one attached hydrogen (secondary N) is 1. The van der Waals surface area contributed by atoms with E-state index in [0.29, 0.717) is 12.1 Å². The minimum atomic E-state index is 0.434. The zero-order chi connectivity index (χ0) is 13.8. The minimum absolute atomic E-state index is 0.434. The van der Waals surface area contributed by atoms with Crippen LogP contribution >= 0.6 is 0 Å². The zero-order valence-corrected chi connectivity index (χ0v) is 12.8. The third-order valence-electron chi connectivity index (χ3n) is 4.54. The number of nitrogens with zero attached hydrogens (tertiary/aromatic N) is 1. The molecule has 1 fully saturated rings. The van der Waals surface area contributed by atoms with Crippen LogP contribution in [0.4, 0.5) is 0 Å². The standard InChI is InChI=1S/C17H28N2/c1-13-8-5-6-10-17(13)15(3)18-14(2)16-9-7-11-19(4)12-16/h5-6,8,10,14-16,18H,7,9,11-12H2,1-4H3. The van der Waals surface area contributed by atoms with Gasteiger partial charge in [0.25, 0.3) is 0 Å². The molecule has 1 N–H and O–H groups in total. The summed E-state index contributed by atoms with van der Waals surface area (Å²) in [6, 6.07) is 9.71. The Balaban J connectivity index is 1.95. The van der Waals surface area contributed by atoms with Crippen LogP contribution < -0.4 is 5.32 Å². The Morgan fingerprint density at radius 2 is 2.00 bits per heavy atom. The van der Waals surface area contributed by atoms with Gasteiger partial charge in [0.1, 0.15) is 0 Å². The van der Waals surface area contributed by atoms with E-state index in [4.69, 9.17) is 0 Å². The van der Waals surface area contributed by atoms with Gasteiger partial charge in [-0.1, -0.05) is 24.3 Å². The third kappa shape index (κ3) is 3.80. The molecule has 0 aliphatic carbocycles. The first-order valence-corrected chi connectivity index (χ1v) is 7.58. The normalized spacial score (nSPS) is 24.1. The summed E-state index contributed by atoms with van der Waals surface area (Å²) >= 11 is 0. The molecule has 2 heteroatoms. The Morgan fingerprint density at radius 3 is 2.68 bits per heavy atom. The van der Waals surface area contributed by atoms with Crippen molar-refractivity contribution in [2.75, 3.05) is 20.1 Å². The average molecular weight is 260 g/mol. The van der Waals surface area contributed by atoms with Gasteiger partial charge in [0.15, 0.2) is 0 Å². The lowest BCUT2D eigenvalue weighted by molar-refractivity contribution is 0.174. The van der Waals surface area contributed by atoms with Gasteiger partial charge in [-0.05, 0) is 64.3 Å². The second kappa shape index (κ2) is 6.53. The molecule has 1 aromatic carbocycles. The van der Waals surface area contributed by atoms with Gasteiger partial charge in [0, 0.05) is 18.6 Å². The third-order valence-corrected chi connectivity index (χ3v) is 4.54. The quantitative estimate of drug-likeness (QED) is 0.893. The molecule has 1 saturated heterocycles. The zero-order valence-electron chi connectivity index (χ0n) is 12.8. The number of aryl methyl sites for hydroxylation is 1. The summed E-state index contributed by atoms with van der Waals surface area (Å²) in [5.41, 5.74) is 2.81. The van der Waals surface area contributed by atoms with Crippen LogP contribution in [-0.4, -0.2) is 31.1 Å². The monoisotopic (exact) mass is 260 g/mol. The highest BCUT2D eigenvalue weighted by Crippen LogP contribution is 2.22. The van der Waals surface area contributed by atoms with Crippen molar-refractivity contribution in [1.29, 1.82) is 0 Å². The lowest BCUT2D eigenvalue weighted by atomic mass is 9.90. The van der Waals surface area contributed by atoms with Gasteiger partial charge in [-0.25, -0.2) is 0 Å². The number of hydrogen-bond acceptors (Lipinski definition) is 2. The second-order valence-corrected chi connectivity index (χ2v) is 6.20. The summed E-state index contributed by atoms with van der Waals surface area (Å²) in [5.74, 6) is 0.783. The molecule has 2 rings (SSSR count). The molecule has 1 heterocycles. The summed E-state index contributed by atoms with van der Waals surface area (Å²) < 4.78 is 0. The maximum absolute atomic E-state index is 3.80. The molecule has 1 aliphatic heterocycles. The first-order chi connectivity index (χ1) is 9.08. The van der Waals surface area contributed by atoms with Crippen molar-refractivity contribution in [1.82, 2.24) is 10.2 Å². The van der Waals surface area contributed by atoms with Crippen molar-refractivity contribution >= 4 is 0 Å². The van der Waals surface area contributed by atoms with Crippen LogP contribution in [0.2, 0.25) is 0 Å². The summed E-state index contributed by atoms with van der Waals surface area (Å²) in [4.78, 5) is 2.46. The summed E-state index contributed by atoms with van der Waals surface area (Å²) in [5, 5.41) is 3.80. The Kier molecular flexibility index (Phi) is 5.00. The van der Waals surface area contributed by atoms with E-state index in [9.17, 15) is 0 Å². The largest absolute Gasteiger partial charge is 0.307 e. The van der Waals surface area contributed by atoms with Crippen LogP contribution in [0.15, 0.2) is 24.3 Å². The van der Waals surface area contributed by atoms with E-state index in [2.05, 4.69) is 62.3 Å². The van der Waals surface area contributed by atoms with Crippen LogP contribution in [0, 0.1) is 12.8 Å². The van der Waals surface area contributed by atoms with Crippen LogP contribution in [0.5, 0.6) is 0 Å². The molecule has 0 spiro atoms. The minimum Gasteiger partial charge on any atom is -0.307 e. The Labute approximate surface area is 118 Å². The maximum atomic E-state index is 3.80. The lowest BCUT2D eigenvalue weighted by Crippen LogP contribution is -2.43. The topological polar surface area (TPSA) is 15.3 Å². The molecule has 0 radical (unpaired) electrons. The molecule has 106 valence electrons. The van der Waals surface area contributed by atoms with Crippen LogP contribution in [0.1, 0.15) is 43.9 Å². The summed E-state index contributed by atoms with van der Waals surface area (Å²) in [6.45, 7) is 9.32. The molecule has 0 bridgehead atoms. The van der Waals surface area contributed by atoms with E-state index >= 15 is 0 Å². The molecule has 3 unspecified atom stereocenters. The van der Waals surface area contributed by atoms with Gasteiger partial charge >= 0.3 is 0 Å². The average Bonchev–Trinajstić information content (AvgIpc) is 2.39. The van der Waals surface area contributed by atoms with E-state index in [-0.39, 0.29) is 0 Å². The number of benzene rings is 1. The molecule has 1 aromatic rings. The maximum Gasteiger partial charge on any atom is 0.0296 e. The van der Waals surface area contributed by atoms with Crippen molar-refractivity contribution in [3.8, 4) is 0 Å². The molecular formula is C17H28N2. The van der Waals surface area contributed by atoms with Gasteiger partial charge in [0.2, 0.25) is 0 Å². The molecule has 0 amide bonds. The number of hydrogen-bond donors (Lipinski definition) is 1. The Hall–Kier alpha value is -0.860. The fourth-order valence-corrected chi connectivity index (χ4v) is 3.31. The van der Waals surface area contributed by atoms with Crippen molar-refractivity contribution in [3.63, 3.8) is 0 Å². The fraction of sp³-hybridized carbons (Fsp3) is 0.647. The number of piperidine rings is 1. The molecule has 0 aromatic heterocycles. The van der Waals surface area contributed by atoms with Gasteiger partial charge in [-0.15, -0.1) is 0 Å². The summed E-state index contributed by atoms with van der Waals surface area (Å²) in [7, 11) is 2.24. The van der Waals surface area contributed by atoms with Crippen LogP contribution in [0.3, 0.4) is 0 Å². The van der Waals surface area contributed by atoms with Crippen LogP contribution in [0.25, 0.3) is 0 Å². The van der Waals surface area contributed by atoms with E-state index in [0.717, 1.165) is 5.92 Å². The van der Waals surface area contributed by atoms with E-state index in [1.54, 1.807) is 0 Å². The molecular weight excluding hydrogens is 232 g/mol. The Bertz CT molecular complexity index is 402. The van der Waals surface area contributed by atoms with Crippen molar-refractivity contribution in [3.05, 3.63) is 35.4 Å². The number of rotatable bonds is 4. The molecule has 0 saturated carbocycles. The predicted molar refractivity (Wildman–Crippen MR) is 82.4 cm³/mol. The van der Waals surface area contributed by atoms with Gasteiger partial charge < -0.3 is 10.2 Å². The van der Waals surface area contributed by atoms with E-state index < -0.39 is 0 Å². The van der Waals surface area contributed by atoms with Gasteiger partial charge in [-0.2, -0.15) is 0 Å². The first-order valence-electron chi connectivity index (χ1n) is 7.58. The smallest absolute Gasteiger partial charge is 0.0296 e. The number of likely N-dealkylation sites (tertiary alicyclic amines) is 1. The molecule has 1 aliphatic rings. The second-order valence-electron chi connectivity index (χ2n) is 6.20. The molecule has 19 heavy (non-hydrogen) atoms. The highest BCUT2D eigenvalue weighted by Gasteiger charge is 2.24.